The Morgan fingerprint density at radius 3 is 2.74 bits per heavy atom. The molecule has 1 amide bonds. The van der Waals surface area contributed by atoms with Crippen molar-refractivity contribution in [2.45, 2.75) is 17.0 Å². The van der Waals surface area contributed by atoms with Gasteiger partial charge in [0, 0.05) is 10.6 Å². The van der Waals surface area contributed by atoms with Gasteiger partial charge in [-0.25, -0.2) is 0 Å². The number of nitrogens with zero attached hydrogens (tertiary/aromatic N) is 4. The van der Waals surface area contributed by atoms with E-state index in [1.54, 1.807) is 16.4 Å². The van der Waals surface area contributed by atoms with Crippen LogP contribution in [0.2, 0.25) is 0 Å². The van der Waals surface area contributed by atoms with Crippen molar-refractivity contribution in [2.75, 3.05) is 16.8 Å². The number of hydrogen-bond donors (Lipinski definition) is 1. The van der Waals surface area contributed by atoms with E-state index in [4.69, 9.17) is 0 Å². The Bertz CT molecular complexity index is 924. The molecule has 138 valence electrons. The maximum Gasteiger partial charge on any atom is 0.234 e. The summed E-state index contributed by atoms with van der Waals surface area (Å²) in [6.07, 6.45) is 1.84. The summed E-state index contributed by atoms with van der Waals surface area (Å²) in [5.41, 5.74) is 2.82. The minimum Gasteiger partial charge on any atom is -0.324 e. The van der Waals surface area contributed by atoms with Crippen molar-refractivity contribution in [1.29, 1.82) is 0 Å². The highest BCUT2D eigenvalue weighted by Crippen LogP contribution is 2.27. The molecule has 0 aliphatic carbocycles. The third kappa shape index (κ3) is 5.21. The number of hydrogen-bond acceptors (Lipinski definition) is 6. The first-order valence-corrected chi connectivity index (χ1v) is 10.3. The maximum atomic E-state index is 12.4. The van der Waals surface area contributed by atoms with E-state index in [0.29, 0.717) is 5.16 Å². The van der Waals surface area contributed by atoms with Crippen molar-refractivity contribution >= 4 is 35.1 Å². The van der Waals surface area contributed by atoms with Crippen LogP contribution in [0.15, 0.2) is 71.2 Å². The maximum absolute atomic E-state index is 12.4. The summed E-state index contributed by atoms with van der Waals surface area (Å²) in [5, 5.41) is 15.3. The normalized spacial score (nSPS) is 10.6. The number of para-hydroxylation sites is 1. The van der Waals surface area contributed by atoms with Crippen molar-refractivity contribution in [2.24, 2.45) is 0 Å². The van der Waals surface area contributed by atoms with Gasteiger partial charge in [0.1, 0.15) is 0 Å². The van der Waals surface area contributed by atoms with Gasteiger partial charge in [-0.3, -0.25) is 4.79 Å². The van der Waals surface area contributed by atoms with Gasteiger partial charge in [0.2, 0.25) is 11.1 Å². The SMILES string of the molecule is C=CCSc1ccccc1NC(=O)CSc1nnnn1-c1ccc(C)cc1. The highest BCUT2D eigenvalue weighted by molar-refractivity contribution is 8.00. The number of aryl methyl sites for hydroxylation is 1. The van der Waals surface area contributed by atoms with Crippen LogP contribution in [0, 0.1) is 6.92 Å². The number of aromatic nitrogens is 4. The topological polar surface area (TPSA) is 72.7 Å². The molecule has 0 fully saturated rings. The van der Waals surface area contributed by atoms with E-state index in [-0.39, 0.29) is 11.7 Å². The average Bonchev–Trinajstić information content (AvgIpc) is 3.15. The van der Waals surface area contributed by atoms with Crippen molar-refractivity contribution < 1.29 is 4.79 Å². The molecular weight excluding hydrogens is 378 g/mol. The summed E-state index contributed by atoms with van der Waals surface area (Å²) in [5.74, 6) is 0.893. The number of amides is 1. The van der Waals surface area contributed by atoms with E-state index in [0.717, 1.165) is 27.6 Å². The summed E-state index contributed by atoms with van der Waals surface area (Å²) in [7, 11) is 0. The fraction of sp³-hybridized carbons (Fsp3) is 0.158. The Kier molecular flexibility index (Phi) is 6.67. The van der Waals surface area contributed by atoms with Gasteiger partial charge < -0.3 is 5.32 Å². The quantitative estimate of drug-likeness (QED) is 0.458. The highest BCUT2D eigenvalue weighted by atomic mass is 32.2. The standard InChI is InChI=1S/C19H19N5OS2/c1-3-12-26-17-7-5-4-6-16(17)20-18(25)13-27-19-21-22-23-24(19)15-10-8-14(2)9-11-15/h3-11H,1,12-13H2,2H3,(H,20,25). The molecule has 0 saturated carbocycles. The third-order valence-corrected chi connectivity index (χ3v) is 5.56. The largest absolute Gasteiger partial charge is 0.324 e. The van der Waals surface area contributed by atoms with Gasteiger partial charge in [0.25, 0.3) is 0 Å². The molecule has 2 aromatic carbocycles. The molecule has 0 atom stereocenters. The summed E-state index contributed by atoms with van der Waals surface area (Å²) >= 11 is 2.93. The number of tetrazole rings is 1. The van der Waals surface area contributed by atoms with Crippen LogP contribution in [-0.2, 0) is 4.79 Å². The molecule has 1 N–H and O–H groups in total. The number of benzene rings is 2. The lowest BCUT2D eigenvalue weighted by atomic mass is 10.2. The van der Waals surface area contributed by atoms with Crippen LogP contribution >= 0.6 is 23.5 Å². The zero-order valence-corrected chi connectivity index (χ0v) is 16.5. The zero-order valence-electron chi connectivity index (χ0n) is 14.8. The van der Waals surface area contributed by atoms with Crippen LogP contribution in [0.4, 0.5) is 5.69 Å². The van der Waals surface area contributed by atoms with Crippen LogP contribution in [0.5, 0.6) is 0 Å². The summed E-state index contributed by atoms with van der Waals surface area (Å²) < 4.78 is 1.63. The molecule has 8 heteroatoms. The number of thioether (sulfide) groups is 2. The number of rotatable bonds is 8. The predicted octanol–water partition coefficient (Wildman–Crippen LogP) is 3.98. The van der Waals surface area contributed by atoms with Crippen LogP contribution in [0.1, 0.15) is 5.56 Å². The molecule has 3 aromatic rings. The molecule has 3 rings (SSSR count). The Labute approximate surface area is 166 Å². The second kappa shape index (κ2) is 9.38. The molecule has 0 radical (unpaired) electrons. The van der Waals surface area contributed by atoms with Gasteiger partial charge in [0.05, 0.1) is 17.1 Å². The lowest BCUT2D eigenvalue weighted by Crippen LogP contribution is -2.15. The van der Waals surface area contributed by atoms with Gasteiger partial charge in [-0.05, 0) is 41.6 Å². The second-order valence-corrected chi connectivity index (χ2v) is 7.65. The molecule has 1 heterocycles. The lowest BCUT2D eigenvalue weighted by Gasteiger charge is -2.10. The zero-order chi connectivity index (χ0) is 19.1. The van der Waals surface area contributed by atoms with E-state index in [9.17, 15) is 4.79 Å². The summed E-state index contributed by atoms with van der Waals surface area (Å²) in [4.78, 5) is 13.4. The van der Waals surface area contributed by atoms with Crippen LogP contribution in [-0.4, -0.2) is 37.6 Å². The monoisotopic (exact) mass is 397 g/mol. The van der Waals surface area contributed by atoms with Crippen molar-refractivity contribution in [3.05, 3.63) is 66.7 Å². The average molecular weight is 398 g/mol. The number of anilines is 1. The molecule has 0 unspecified atom stereocenters. The van der Waals surface area contributed by atoms with E-state index in [1.165, 1.54) is 11.8 Å². The van der Waals surface area contributed by atoms with Gasteiger partial charge in [0.15, 0.2) is 0 Å². The van der Waals surface area contributed by atoms with Gasteiger partial charge in [-0.2, -0.15) is 4.68 Å². The molecule has 27 heavy (non-hydrogen) atoms. The molecule has 0 saturated heterocycles. The van der Waals surface area contributed by atoms with Gasteiger partial charge in [-0.15, -0.1) is 23.4 Å². The van der Waals surface area contributed by atoms with Crippen molar-refractivity contribution in [3.63, 3.8) is 0 Å². The summed E-state index contributed by atoms with van der Waals surface area (Å²) in [6, 6.07) is 15.6. The van der Waals surface area contributed by atoms with E-state index >= 15 is 0 Å². The Morgan fingerprint density at radius 2 is 1.96 bits per heavy atom. The molecule has 0 aliphatic rings. The van der Waals surface area contributed by atoms with Crippen LogP contribution in [0.3, 0.4) is 0 Å². The first-order chi connectivity index (χ1) is 13.2. The smallest absolute Gasteiger partial charge is 0.234 e. The Hall–Kier alpha value is -2.58. The highest BCUT2D eigenvalue weighted by Gasteiger charge is 2.12. The molecule has 0 spiro atoms. The minimum absolute atomic E-state index is 0.106. The lowest BCUT2D eigenvalue weighted by molar-refractivity contribution is -0.113. The minimum atomic E-state index is -0.106. The fourth-order valence-electron chi connectivity index (χ4n) is 2.28. The van der Waals surface area contributed by atoms with E-state index < -0.39 is 0 Å². The van der Waals surface area contributed by atoms with Gasteiger partial charge in [-0.1, -0.05) is 47.7 Å². The fourth-order valence-corrected chi connectivity index (χ4v) is 3.72. The summed E-state index contributed by atoms with van der Waals surface area (Å²) in [6.45, 7) is 5.75. The molecule has 0 aliphatic heterocycles. The number of nitrogens with one attached hydrogen (secondary N) is 1. The van der Waals surface area contributed by atoms with E-state index in [2.05, 4.69) is 27.4 Å². The van der Waals surface area contributed by atoms with Crippen molar-refractivity contribution in [1.82, 2.24) is 20.2 Å². The predicted molar refractivity (Wildman–Crippen MR) is 111 cm³/mol. The first kappa shape index (κ1) is 19.2. The van der Waals surface area contributed by atoms with Crippen LogP contribution < -0.4 is 5.32 Å². The molecule has 1 aromatic heterocycles. The Morgan fingerprint density at radius 1 is 1.19 bits per heavy atom. The second-order valence-electron chi connectivity index (χ2n) is 5.64. The number of carbonyl (C=O) groups is 1. The van der Waals surface area contributed by atoms with E-state index in [1.807, 2.05) is 61.5 Å². The molecule has 0 bridgehead atoms. The number of carbonyl (C=O) groups excluding carboxylic acids is 1. The molecule has 6 nitrogen and oxygen atoms in total. The van der Waals surface area contributed by atoms with Gasteiger partial charge >= 0.3 is 0 Å². The Balaban J connectivity index is 1.63. The van der Waals surface area contributed by atoms with Crippen LogP contribution in [0.25, 0.3) is 5.69 Å². The molecular formula is C19H19N5OS2. The first-order valence-electron chi connectivity index (χ1n) is 8.28. The third-order valence-electron chi connectivity index (χ3n) is 3.57. The van der Waals surface area contributed by atoms with Crippen molar-refractivity contribution in [3.8, 4) is 5.69 Å².